The number of hydrogen-bond acceptors (Lipinski definition) is 6. The van der Waals surface area contributed by atoms with Crippen LogP contribution in [0.2, 0.25) is 0 Å². The van der Waals surface area contributed by atoms with Gasteiger partial charge in [0.2, 0.25) is 15.0 Å². The number of rotatable bonds is 7. The highest BCUT2D eigenvalue weighted by molar-refractivity contribution is 7.90. The van der Waals surface area contributed by atoms with Gasteiger partial charge in [-0.05, 0) is 26.3 Å². The Morgan fingerprint density at radius 3 is 2.65 bits per heavy atom. The molecule has 0 radical (unpaired) electrons. The minimum absolute atomic E-state index is 0.110. The van der Waals surface area contributed by atoms with E-state index in [4.69, 9.17) is 4.74 Å². The van der Waals surface area contributed by atoms with Gasteiger partial charge in [-0.1, -0.05) is 13.3 Å². The lowest BCUT2D eigenvalue weighted by Gasteiger charge is -2.10. The van der Waals surface area contributed by atoms with E-state index < -0.39 is 9.84 Å². The summed E-state index contributed by atoms with van der Waals surface area (Å²) < 4.78 is 32.3. The molecule has 0 spiro atoms. The first kappa shape index (κ1) is 17.4. The average Bonchev–Trinajstić information content (AvgIpc) is 2.81. The number of aromatic nitrogens is 4. The molecule has 23 heavy (non-hydrogen) atoms. The molecule has 0 aliphatic carbocycles. The summed E-state index contributed by atoms with van der Waals surface area (Å²) in [5.41, 5.74) is 2.01. The van der Waals surface area contributed by atoms with Crippen LogP contribution in [-0.2, 0) is 22.1 Å². The third kappa shape index (κ3) is 3.87. The number of aryl methyl sites for hydroxylation is 1. The monoisotopic (exact) mass is 338 g/mol. The summed E-state index contributed by atoms with van der Waals surface area (Å²) in [4.78, 5) is 12.2. The zero-order chi connectivity index (χ0) is 17.0. The normalized spacial score (nSPS) is 11.7. The Morgan fingerprint density at radius 1 is 1.26 bits per heavy atom. The van der Waals surface area contributed by atoms with E-state index in [1.807, 2.05) is 13.8 Å². The van der Waals surface area contributed by atoms with E-state index in [0.29, 0.717) is 12.2 Å². The van der Waals surface area contributed by atoms with Crippen LogP contribution in [0.15, 0.2) is 17.4 Å². The van der Waals surface area contributed by atoms with E-state index in [0.717, 1.165) is 24.2 Å². The van der Waals surface area contributed by atoms with Crippen molar-refractivity contribution in [3.05, 3.63) is 29.3 Å². The number of sulfone groups is 1. The maximum absolute atomic E-state index is 12.8. The summed E-state index contributed by atoms with van der Waals surface area (Å²) in [6.07, 6.45) is 3.37. The van der Waals surface area contributed by atoms with E-state index in [1.54, 1.807) is 10.6 Å². The molecule has 2 rings (SSSR count). The summed E-state index contributed by atoms with van der Waals surface area (Å²) in [6.45, 7) is 6.43. The predicted molar refractivity (Wildman–Crippen MR) is 86.1 cm³/mol. The Labute approximate surface area is 136 Å². The van der Waals surface area contributed by atoms with Gasteiger partial charge in [0.15, 0.2) is 0 Å². The van der Waals surface area contributed by atoms with Crippen molar-refractivity contribution in [3.8, 4) is 6.01 Å². The van der Waals surface area contributed by atoms with E-state index in [-0.39, 0.29) is 16.9 Å². The highest BCUT2D eigenvalue weighted by Gasteiger charge is 2.25. The van der Waals surface area contributed by atoms with E-state index in [2.05, 4.69) is 21.9 Å². The Bertz CT molecular complexity index is 784. The van der Waals surface area contributed by atoms with E-state index in [1.165, 1.54) is 13.3 Å². The van der Waals surface area contributed by atoms with Crippen LogP contribution in [0, 0.1) is 13.8 Å². The number of ether oxygens (including phenoxy) is 1. The first-order valence-electron chi connectivity index (χ1n) is 7.51. The van der Waals surface area contributed by atoms with Gasteiger partial charge in [0.1, 0.15) is 5.75 Å². The molecule has 0 aliphatic heterocycles. The minimum atomic E-state index is -3.60. The topological polar surface area (TPSA) is 87.0 Å². The van der Waals surface area contributed by atoms with E-state index >= 15 is 0 Å². The Kier molecular flexibility index (Phi) is 5.35. The van der Waals surface area contributed by atoms with Gasteiger partial charge in [0.25, 0.3) is 0 Å². The lowest BCUT2D eigenvalue weighted by Crippen LogP contribution is -2.15. The summed E-state index contributed by atoms with van der Waals surface area (Å²) in [6, 6.07) is 1.72. The van der Waals surface area contributed by atoms with Crippen molar-refractivity contribution in [3.63, 3.8) is 0 Å². The van der Waals surface area contributed by atoms with Crippen LogP contribution in [0.1, 0.15) is 36.8 Å². The van der Waals surface area contributed by atoms with Crippen LogP contribution in [-0.4, -0.2) is 35.0 Å². The number of methoxy groups -OCH3 is 1. The van der Waals surface area contributed by atoms with Gasteiger partial charge in [0.05, 0.1) is 18.5 Å². The molecule has 0 bridgehead atoms. The molecule has 0 fully saturated rings. The zero-order valence-corrected chi connectivity index (χ0v) is 14.7. The second-order valence-electron chi connectivity index (χ2n) is 5.36. The zero-order valence-electron chi connectivity index (χ0n) is 13.9. The van der Waals surface area contributed by atoms with Gasteiger partial charge in [-0.25, -0.2) is 18.4 Å². The Hall–Kier alpha value is -1.96. The van der Waals surface area contributed by atoms with Crippen LogP contribution in [0.5, 0.6) is 6.01 Å². The molecule has 0 N–H and O–H groups in total. The van der Waals surface area contributed by atoms with E-state index in [9.17, 15) is 8.42 Å². The summed E-state index contributed by atoms with van der Waals surface area (Å²) in [5, 5.41) is 0.110. The SMILES string of the molecule is CCCCn1c(S(=O)(=O)Cc2ccnc(OC)n2)nc(C)c1C. The Balaban J connectivity index is 2.37. The lowest BCUT2D eigenvalue weighted by molar-refractivity contribution is 0.378. The molecule has 0 atom stereocenters. The maximum atomic E-state index is 12.8. The van der Waals surface area contributed by atoms with Gasteiger partial charge in [0, 0.05) is 18.4 Å². The molecule has 2 heterocycles. The van der Waals surface area contributed by atoms with Crippen molar-refractivity contribution in [2.75, 3.05) is 7.11 Å². The van der Waals surface area contributed by atoms with Gasteiger partial charge in [-0.2, -0.15) is 4.98 Å². The smallest absolute Gasteiger partial charge is 0.316 e. The molecule has 2 aromatic heterocycles. The number of unbranched alkanes of at least 4 members (excludes halogenated alkanes) is 1. The fraction of sp³-hybridized carbons (Fsp3) is 0.533. The lowest BCUT2D eigenvalue weighted by atomic mass is 10.3. The summed E-state index contributed by atoms with van der Waals surface area (Å²) in [7, 11) is -2.15. The maximum Gasteiger partial charge on any atom is 0.316 e. The van der Waals surface area contributed by atoms with Gasteiger partial charge < -0.3 is 9.30 Å². The number of nitrogens with zero attached hydrogens (tertiary/aromatic N) is 4. The van der Waals surface area contributed by atoms with Crippen LogP contribution in [0.4, 0.5) is 0 Å². The molecule has 0 amide bonds. The molecule has 0 unspecified atom stereocenters. The van der Waals surface area contributed by atoms with Crippen molar-refractivity contribution >= 4 is 9.84 Å². The molecular formula is C15H22N4O3S. The molecule has 126 valence electrons. The molecule has 7 nitrogen and oxygen atoms in total. The first-order valence-corrected chi connectivity index (χ1v) is 9.16. The molecule has 0 aromatic carbocycles. The molecular weight excluding hydrogens is 316 g/mol. The van der Waals surface area contributed by atoms with Crippen molar-refractivity contribution in [2.45, 2.75) is 51.1 Å². The predicted octanol–water partition coefficient (Wildman–Crippen LogP) is 2.07. The first-order chi connectivity index (χ1) is 10.9. The highest BCUT2D eigenvalue weighted by Crippen LogP contribution is 2.20. The second kappa shape index (κ2) is 7.08. The fourth-order valence-corrected chi connectivity index (χ4v) is 3.77. The quantitative estimate of drug-likeness (QED) is 0.768. The van der Waals surface area contributed by atoms with Crippen molar-refractivity contribution < 1.29 is 13.2 Å². The third-order valence-electron chi connectivity index (χ3n) is 3.65. The van der Waals surface area contributed by atoms with Crippen LogP contribution < -0.4 is 4.74 Å². The fourth-order valence-electron chi connectivity index (χ4n) is 2.25. The van der Waals surface area contributed by atoms with Crippen molar-refractivity contribution in [2.24, 2.45) is 0 Å². The molecule has 0 aliphatic rings. The summed E-state index contributed by atoms with van der Waals surface area (Å²) in [5.74, 6) is -0.228. The average molecular weight is 338 g/mol. The number of hydrogen-bond donors (Lipinski definition) is 0. The van der Waals surface area contributed by atoms with Crippen molar-refractivity contribution in [1.82, 2.24) is 19.5 Å². The van der Waals surface area contributed by atoms with Gasteiger partial charge in [-0.3, -0.25) is 0 Å². The molecule has 0 saturated heterocycles. The van der Waals surface area contributed by atoms with Gasteiger partial charge >= 0.3 is 6.01 Å². The summed E-state index contributed by atoms with van der Waals surface area (Å²) >= 11 is 0. The molecule has 2 aromatic rings. The van der Waals surface area contributed by atoms with Crippen LogP contribution in [0.25, 0.3) is 0 Å². The highest BCUT2D eigenvalue weighted by atomic mass is 32.2. The minimum Gasteiger partial charge on any atom is -0.467 e. The van der Waals surface area contributed by atoms with Crippen LogP contribution >= 0.6 is 0 Å². The Morgan fingerprint density at radius 2 is 2.00 bits per heavy atom. The van der Waals surface area contributed by atoms with Gasteiger partial charge in [-0.15, -0.1) is 0 Å². The molecule has 0 saturated carbocycles. The second-order valence-corrected chi connectivity index (χ2v) is 7.25. The largest absolute Gasteiger partial charge is 0.467 e. The van der Waals surface area contributed by atoms with Crippen molar-refractivity contribution in [1.29, 1.82) is 0 Å². The third-order valence-corrected chi connectivity index (χ3v) is 5.19. The number of imidazole rings is 1. The standard InChI is InChI=1S/C15H22N4O3S/c1-5-6-9-19-12(3)11(2)17-15(19)23(20,21)10-13-7-8-16-14(18-13)22-4/h7-8H,5-6,9-10H2,1-4H3. The van der Waals surface area contributed by atoms with Crippen LogP contribution in [0.3, 0.4) is 0 Å². The molecule has 8 heteroatoms.